The van der Waals surface area contributed by atoms with E-state index >= 15 is 0 Å². The lowest BCUT2D eigenvalue weighted by Gasteiger charge is -2.27. The zero-order chi connectivity index (χ0) is 20.2. The van der Waals surface area contributed by atoms with Crippen LogP contribution in [0.25, 0.3) is 0 Å². The zero-order valence-corrected chi connectivity index (χ0v) is 17.5. The first-order valence-corrected chi connectivity index (χ1v) is 10.6. The first kappa shape index (κ1) is 19.9. The highest BCUT2D eigenvalue weighted by Crippen LogP contribution is 2.27. The number of nitrogens with zero attached hydrogens (tertiary/aromatic N) is 5. The molecule has 2 saturated heterocycles. The van der Waals surface area contributed by atoms with Gasteiger partial charge in [-0.2, -0.15) is 0 Å². The molecule has 0 aliphatic carbocycles. The smallest absolute Gasteiger partial charge is 0.134 e. The summed E-state index contributed by atoms with van der Waals surface area (Å²) in [6.45, 7) is 4.52. The van der Waals surface area contributed by atoms with Crippen LogP contribution in [-0.4, -0.2) is 72.4 Å². The predicted octanol–water partition coefficient (Wildman–Crippen LogP) is 2.19. The fourth-order valence-electron chi connectivity index (χ4n) is 4.48. The van der Waals surface area contributed by atoms with Crippen molar-refractivity contribution in [3.05, 3.63) is 42.2 Å². The van der Waals surface area contributed by atoms with E-state index in [0.717, 1.165) is 44.2 Å². The number of aliphatic hydroxyl groups is 1. The van der Waals surface area contributed by atoms with Gasteiger partial charge in [-0.25, -0.2) is 9.97 Å². The largest absolute Gasteiger partial charge is 0.391 e. The maximum Gasteiger partial charge on any atom is 0.134 e. The zero-order valence-electron chi connectivity index (χ0n) is 17.5. The van der Waals surface area contributed by atoms with Crippen molar-refractivity contribution in [2.75, 3.05) is 55.4 Å². The fourth-order valence-corrected chi connectivity index (χ4v) is 4.48. The van der Waals surface area contributed by atoms with Gasteiger partial charge in [0, 0.05) is 50.5 Å². The van der Waals surface area contributed by atoms with Crippen LogP contribution >= 0.6 is 0 Å². The van der Waals surface area contributed by atoms with Gasteiger partial charge in [0.2, 0.25) is 0 Å². The van der Waals surface area contributed by atoms with Gasteiger partial charge in [0.25, 0.3) is 0 Å². The lowest BCUT2D eigenvalue weighted by molar-refractivity contribution is 0.191. The minimum absolute atomic E-state index is 0.263. The number of benzene rings is 1. The summed E-state index contributed by atoms with van der Waals surface area (Å²) in [5.41, 5.74) is 2.61. The van der Waals surface area contributed by atoms with E-state index in [4.69, 9.17) is 0 Å². The van der Waals surface area contributed by atoms with Crippen LogP contribution in [-0.2, 0) is 6.54 Å². The van der Waals surface area contributed by atoms with Gasteiger partial charge in [0.1, 0.15) is 18.0 Å². The minimum Gasteiger partial charge on any atom is -0.391 e. The molecule has 2 aliphatic heterocycles. The summed E-state index contributed by atoms with van der Waals surface area (Å²) in [5, 5.41) is 13.7. The quantitative estimate of drug-likeness (QED) is 0.744. The number of para-hydroxylation sites is 1. The molecule has 1 aromatic carbocycles. The van der Waals surface area contributed by atoms with Crippen LogP contribution in [0.4, 0.5) is 17.3 Å². The van der Waals surface area contributed by atoms with Crippen molar-refractivity contribution >= 4 is 17.3 Å². The molecule has 156 valence electrons. The topological polar surface area (TPSA) is 67.8 Å². The van der Waals surface area contributed by atoms with Crippen molar-refractivity contribution in [2.45, 2.75) is 38.0 Å². The van der Waals surface area contributed by atoms with E-state index in [-0.39, 0.29) is 12.1 Å². The summed E-state index contributed by atoms with van der Waals surface area (Å²) in [6, 6.07) is 10.9. The number of rotatable bonds is 7. The Hall–Kier alpha value is -2.38. The molecule has 0 bridgehead atoms. The van der Waals surface area contributed by atoms with E-state index in [1.807, 2.05) is 6.07 Å². The molecule has 2 aliphatic rings. The first-order valence-electron chi connectivity index (χ1n) is 10.6. The number of anilines is 3. The van der Waals surface area contributed by atoms with Crippen molar-refractivity contribution in [2.24, 2.45) is 0 Å². The molecule has 4 rings (SSSR count). The summed E-state index contributed by atoms with van der Waals surface area (Å²) in [7, 11) is 4.13. The van der Waals surface area contributed by atoms with E-state index < -0.39 is 0 Å². The van der Waals surface area contributed by atoms with Crippen LogP contribution in [0.5, 0.6) is 0 Å². The molecule has 0 saturated carbocycles. The van der Waals surface area contributed by atoms with Gasteiger partial charge in [-0.3, -0.25) is 0 Å². The van der Waals surface area contributed by atoms with Crippen molar-refractivity contribution in [3.8, 4) is 0 Å². The van der Waals surface area contributed by atoms with Gasteiger partial charge in [0.15, 0.2) is 0 Å². The Morgan fingerprint density at radius 3 is 2.76 bits per heavy atom. The number of nitrogens with one attached hydrogen (secondary N) is 1. The van der Waals surface area contributed by atoms with Gasteiger partial charge < -0.3 is 25.1 Å². The third-order valence-electron chi connectivity index (χ3n) is 5.81. The molecule has 3 heterocycles. The van der Waals surface area contributed by atoms with Gasteiger partial charge >= 0.3 is 0 Å². The highest BCUT2D eigenvalue weighted by atomic mass is 16.3. The normalized spacial score (nSPS) is 21.9. The summed E-state index contributed by atoms with van der Waals surface area (Å²) in [6.07, 6.45) is 4.62. The molecular weight excluding hydrogens is 364 g/mol. The number of aromatic nitrogens is 2. The van der Waals surface area contributed by atoms with E-state index in [0.29, 0.717) is 6.54 Å². The Kier molecular flexibility index (Phi) is 6.16. The lowest BCUT2D eigenvalue weighted by Crippen LogP contribution is -2.38. The van der Waals surface area contributed by atoms with Crippen LogP contribution in [0.2, 0.25) is 0 Å². The van der Waals surface area contributed by atoms with Crippen LogP contribution < -0.4 is 15.1 Å². The molecule has 1 aromatic heterocycles. The Balaban J connectivity index is 1.46. The van der Waals surface area contributed by atoms with Crippen LogP contribution in [0.1, 0.15) is 24.8 Å². The van der Waals surface area contributed by atoms with E-state index in [1.54, 1.807) is 6.33 Å². The molecule has 2 fully saturated rings. The third-order valence-corrected chi connectivity index (χ3v) is 5.81. The van der Waals surface area contributed by atoms with Gasteiger partial charge in [-0.15, -0.1) is 0 Å². The molecule has 2 aromatic rings. The molecule has 7 heteroatoms. The highest BCUT2D eigenvalue weighted by molar-refractivity contribution is 5.56. The van der Waals surface area contributed by atoms with Crippen molar-refractivity contribution in [1.29, 1.82) is 0 Å². The Labute approximate surface area is 173 Å². The molecular formula is C22H32N6O. The molecule has 7 nitrogen and oxygen atoms in total. The number of likely N-dealkylation sites (N-methyl/N-ethyl adjacent to an activating group) is 1. The SMILES string of the molecule is CN(C)C[C@H]1C[C@@H](O)CN1c1cc(NCc2ccccc2N2CCCC2)ncn1. The molecule has 2 N–H and O–H groups in total. The molecule has 29 heavy (non-hydrogen) atoms. The minimum atomic E-state index is -0.307. The summed E-state index contributed by atoms with van der Waals surface area (Å²) < 4.78 is 0. The fraction of sp³-hybridized carbons (Fsp3) is 0.545. The maximum atomic E-state index is 10.2. The van der Waals surface area contributed by atoms with Gasteiger partial charge in [-0.05, 0) is 45.0 Å². The molecule has 0 amide bonds. The Morgan fingerprint density at radius 1 is 1.17 bits per heavy atom. The van der Waals surface area contributed by atoms with Crippen molar-refractivity contribution in [1.82, 2.24) is 14.9 Å². The number of hydrogen-bond donors (Lipinski definition) is 2. The monoisotopic (exact) mass is 396 g/mol. The standard InChI is InChI=1S/C22H32N6O/c1-26(2)14-18-11-19(29)15-28(18)22-12-21(24-16-25-22)23-13-17-7-3-4-8-20(17)27-9-5-6-10-27/h3-4,7-8,12,16,18-19,29H,5-6,9-11,13-15H2,1-2H3,(H,23,24,25)/t18-,19-/m1/s1. The second-order valence-electron chi connectivity index (χ2n) is 8.40. The van der Waals surface area contributed by atoms with Crippen LogP contribution in [0.3, 0.4) is 0 Å². The third kappa shape index (κ3) is 4.79. The van der Waals surface area contributed by atoms with Gasteiger partial charge in [-0.1, -0.05) is 18.2 Å². The van der Waals surface area contributed by atoms with E-state index in [2.05, 4.69) is 68.3 Å². The van der Waals surface area contributed by atoms with E-state index in [9.17, 15) is 5.11 Å². The summed E-state index contributed by atoms with van der Waals surface area (Å²) in [5.74, 6) is 1.69. The number of aliphatic hydroxyl groups excluding tert-OH is 1. The molecule has 0 unspecified atom stereocenters. The van der Waals surface area contributed by atoms with Crippen LogP contribution in [0, 0.1) is 0 Å². The second-order valence-corrected chi connectivity index (χ2v) is 8.40. The molecule has 2 atom stereocenters. The van der Waals surface area contributed by atoms with Gasteiger partial charge in [0.05, 0.1) is 6.10 Å². The average molecular weight is 397 g/mol. The maximum absolute atomic E-state index is 10.2. The molecule has 0 spiro atoms. The van der Waals surface area contributed by atoms with E-state index in [1.165, 1.54) is 24.1 Å². The highest BCUT2D eigenvalue weighted by Gasteiger charge is 2.32. The average Bonchev–Trinajstić information content (AvgIpc) is 3.36. The Morgan fingerprint density at radius 2 is 1.97 bits per heavy atom. The van der Waals surface area contributed by atoms with Crippen molar-refractivity contribution in [3.63, 3.8) is 0 Å². The predicted molar refractivity (Wildman–Crippen MR) is 118 cm³/mol. The second kappa shape index (κ2) is 8.97. The summed E-state index contributed by atoms with van der Waals surface area (Å²) >= 11 is 0. The molecule has 0 radical (unpaired) electrons. The number of β-amino-alcohol motifs (C(OH)–C–C–N with tert-alkyl or cyclic N) is 1. The lowest BCUT2D eigenvalue weighted by atomic mass is 10.1. The van der Waals surface area contributed by atoms with Crippen LogP contribution in [0.15, 0.2) is 36.7 Å². The summed E-state index contributed by atoms with van der Waals surface area (Å²) in [4.78, 5) is 15.7. The first-order chi connectivity index (χ1) is 14.1. The van der Waals surface area contributed by atoms with Crippen molar-refractivity contribution < 1.29 is 5.11 Å². The number of hydrogen-bond acceptors (Lipinski definition) is 7. The Bertz CT molecular complexity index is 807.